The van der Waals surface area contributed by atoms with Crippen LogP contribution in [-0.4, -0.2) is 20.4 Å². The van der Waals surface area contributed by atoms with Crippen LogP contribution >= 0.6 is 11.6 Å². The van der Waals surface area contributed by atoms with Crippen molar-refractivity contribution in [2.45, 2.75) is 44.9 Å². The van der Waals surface area contributed by atoms with Crippen LogP contribution in [0.4, 0.5) is 0 Å². The van der Waals surface area contributed by atoms with E-state index >= 15 is 0 Å². The molecule has 0 aliphatic heterocycles. The van der Waals surface area contributed by atoms with Crippen molar-refractivity contribution in [1.29, 1.82) is 0 Å². The van der Waals surface area contributed by atoms with Gasteiger partial charge in [-0.25, -0.2) is 9.50 Å². The molecule has 0 saturated heterocycles. The average Bonchev–Trinajstić information content (AvgIpc) is 3.17. The summed E-state index contributed by atoms with van der Waals surface area (Å²) in [6.07, 6.45) is 8.89. The van der Waals surface area contributed by atoms with E-state index in [2.05, 4.69) is 23.1 Å². The minimum Gasteiger partial charge on any atom is -0.294 e. The molecule has 5 heteroatoms. The molecule has 1 aromatic carbocycles. The summed E-state index contributed by atoms with van der Waals surface area (Å²) in [6, 6.07) is 11.3. The van der Waals surface area contributed by atoms with Crippen molar-refractivity contribution < 1.29 is 4.79 Å². The zero-order valence-corrected chi connectivity index (χ0v) is 16.3. The van der Waals surface area contributed by atoms with Crippen LogP contribution in [0, 0.1) is 11.8 Å². The first-order valence-electron chi connectivity index (χ1n) is 9.69. The lowest BCUT2D eigenvalue weighted by Gasteiger charge is -2.32. The lowest BCUT2D eigenvalue weighted by atomic mass is 9.74. The second-order valence-electron chi connectivity index (χ2n) is 7.69. The molecule has 2 aromatic heterocycles. The number of ketones is 1. The summed E-state index contributed by atoms with van der Waals surface area (Å²) in [5, 5.41) is 5.09. The Morgan fingerprint density at radius 3 is 2.59 bits per heavy atom. The van der Waals surface area contributed by atoms with E-state index in [-0.39, 0.29) is 5.78 Å². The molecule has 3 aromatic rings. The lowest BCUT2D eigenvalue weighted by Crippen LogP contribution is -2.22. The van der Waals surface area contributed by atoms with Crippen molar-refractivity contribution in [2.75, 3.05) is 0 Å². The third-order valence-corrected chi connectivity index (χ3v) is 6.24. The van der Waals surface area contributed by atoms with E-state index in [4.69, 9.17) is 11.6 Å². The Morgan fingerprint density at radius 2 is 1.85 bits per heavy atom. The van der Waals surface area contributed by atoms with Gasteiger partial charge in [0.05, 0.1) is 6.20 Å². The van der Waals surface area contributed by atoms with Crippen molar-refractivity contribution in [2.24, 2.45) is 11.8 Å². The predicted molar refractivity (Wildman–Crippen MR) is 107 cm³/mol. The fraction of sp³-hybridized carbons (Fsp3) is 0.409. The van der Waals surface area contributed by atoms with Crippen LogP contribution in [-0.2, 0) is 0 Å². The molecule has 140 valence electrons. The van der Waals surface area contributed by atoms with E-state index < -0.39 is 0 Å². The van der Waals surface area contributed by atoms with Crippen LogP contribution in [0.2, 0.25) is 5.02 Å². The van der Waals surface area contributed by atoms with E-state index in [0.29, 0.717) is 29.2 Å². The minimum atomic E-state index is 0.216. The number of aromatic nitrogens is 3. The van der Waals surface area contributed by atoms with Gasteiger partial charge in [-0.2, -0.15) is 5.10 Å². The number of fused-ring (bicyclic) bond motifs is 1. The van der Waals surface area contributed by atoms with Crippen molar-refractivity contribution in [1.82, 2.24) is 14.6 Å². The van der Waals surface area contributed by atoms with Crippen molar-refractivity contribution in [3.05, 3.63) is 65.1 Å². The molecule has 0 spiro atoms. The first-order valence-corrected chi connectivity index (χ1v) is 10.1. The van der Waals surface area contributed by atoms with Crippen molar-refractivity contribution >= 4 is 23.0 Å². The Kier molecular flexibility index (Phi) is 5.26. The highest BCUT2D eigenvalue weighted by molar-refractivity contribution is 6.30. The molecule has 1 saturated carbocycles. The number of halogens is 1. The third kappa shape index (κ3) is 3.91. The standard InChI is InChI=1S/C22H24ClN3O/c1-15(14-21(27)18-6-8-19(23)9-7-18)16-2-4-17(5-3-16)20-10-12-24-22-11-13-25-26(20)22/h6-13,15-17H,2-5,14H2,1H3/t15-,16?,17?/m1/s1. The summed E-state index contributed by atoms with van der Waals surface area (Å²) >= 11 is 5.92. The first-order chi connectivity index (χ1) is 13.1. The maximum absolute atomic E-state index is 12.6. The van der Waals surface area contributed by atoms with Crippen molar-refractivity contribution in [3.8, 4) is 0 Å². The fourth-order valence-electron chi connectivity index (χ4n) is 4.36. The number of rotatable bonds is 5. The van der Waals surface area contributed by atoms with Gasteiger partial charge in [-0.05, 0) is 67.9 Å². The van der Waals surface area contributed by atoms with Gasteiger partial charge in [-0.1, -0.05) is 18.5 Å². The van der Waals surface area contributed by atoms with Gasteiger partial charge in [0.25, 0.3) is 0 Å². The monoisotopic (exact) mass is 381 g/mol. The van der Waals surface area contributed by atoms with E-state index in [1.807, 2.05) is 35.1 Å². The van der Waals surface area contributed by atoms with E-state index in [0.717, 1.165) is 36.9 Å². The Hall–Kier alpha value is -2.20. The normalized spacial score (nSPS) is 21.3. The second kappa shape index (κ2) is 7.81. The molecule has 1 aliphatic rings. The summed E-state index contributed by atoms with van der Waals surface area (Å²) < 4.78 is 1.97. The van der Waals surface area contributed by atoms with Gasteiger partial charge >= 0.3 is 0 Å². The highest BCUT2D eigenvalue weighted by Crippen LogP contribution is 2.39. The summed E-state index contributed by atoms with van der Waals surface area (Å²) in [5.74, 6) is 1.74. The summed E-state index contributed by atoms with van der Waals surface area (Å²) in [5.41, 5.74) is 2.93. The molecule has 1 atom stereocenters. The summed E-state index contributed by atoms with van der Waals surface area (Å²) in [6.45, 7) is 2.22. The SMILES string of the molecule is C[C@H](CC(=O)c1ccc(Cl)cc1)C1CCC(c2ccnc3ccnn23)CC1. The molecule has 0 amide bonds. The second-order valence-corrected chi connectivity index (χ2v) is 8.13. The quantitative estimate of drug-likeness (QED) is 0.543. The molecule has 0 unspecified atom stereocenters. The van der Waals surface area contributed by atoms with Crippen LogP contribution in [0.3, 0.4) is 0 Å². The Bertz CT molecular complexity index is 926. The van der Waals surface area contributed by atoms with Crippen LogP contribution in [0.5, 0.6) is 0 Å². The molecule has 1 fully saturated rings. The lowest BCUT2D eigenvalue weighted by molar-refractivity contribution is 0.0937. The molecule has 0 N–H and O–H groups in total. The number of Topliss-reactive ketones (excluding diaryl/α,β-unsaturated/α-hetero) is 1. The average molecular weight is 382 g/mol. The van der Waals surface area contributed by atoms with E-state index in [1.54, 1.807) is 12.1 Å². The van der Waals surface area contributed by atoms with Crippen molar-refractivity contribution in [3.63, 3.8) is 0 Å². The van der Waals surface area contributed by atoms with Crippen LogP contribution in [0.1, 0.15) is 61.0 Å². The number of nitrogens with zero attached hydrogens (tertiary/aromatic N) is 3. The summed E-state index contributed by atoms with van der Waals surface area (Å²) in [7, 11) is 0. The topological polar surface area (TPSA) is 47.3 Å². The molecule has 27 heavy (non-hydrogen) atoms. The Balaban J connectivity index is 1.36. The maximum atomic E-state index is 12.6. The predicted octanol–water partition coefficient (Wildman–Crippen LogP) is 5.57. The molecule has 4 rings (SSSR count). The largest absolute Gasteiger partial charge is 0.294 e. The van der Waals surface area contributed by atoms with Gasteiger partial charge in [-0.15, -0.1) is 0 Å². The molecular formula is C22H24ClN3O. The molecule has 0 bridgehead atoms. The Labute approximate surface area is 164 Å². The molecule has 1 aliphatic carbocycles. The van der Waals surface area contributed by atoms with E-state index in [9.17, 15) is 4.79 Å². The highest BCUT2D eigenvalue weighted by Gasteiger charge is 2.28. The number of benzene rings is 1. The number of hydrogen-bond donors (Lipinski definition) is 0. The van der Waals surface area contributed by atoms with Crippen LogP contribution in [0.15, 0.2) is 48.8 Å². The number of carbonyl (C=O) groups excluding carboxylic acids is 1. The van der Waals surface area contributed by atoms with Crippen LogP contribution < -0.4 is 0 Å². The van der Waals surface area contributed by atoms with Gasteiger partial charge in [-0.3, -0.25) is 4.79 Å². The first kappa shape index (κ1) is 18.2. The Morgan fingerprint density at radius 1 is 1.11 bits per heavy atom. The fourth-order valence-corrected chi connectivity index (χ4v) is 4.49. The zero-order chi connectivity index (χ0) is 18.8. The number of hydrogen-bond acceptors (Lipinski definition) is 3. The van der Waals surface area contributed by atoms with Gasteiger partial charge in [0.2, 0.25) is 0 Å². The smallest absolute Gasteiger partial charge is 0.163 e. The van der Waals surface area contributed by atoms with Crippen LogP contribution in [0.25, 0.3) is 5.65 Å². The maximum Gasteiger partial charge on any atom is 0.163 e. The molecule has 0 radical (unpaired) electrons. The zero-order valence-electron chi connectivity index (χ0n) is 15.5. The van der Waals surface area contributed by atoms with Gasteiger partial charge in [0.1, 0.15) is 0 Å². The molecule has 2 heterocycles. The minimum absolute atomic E-state index is 0.216. The molecular weight excluding hydrogens is 358 g/mol. The number of carbonyl (C=O) groups is 1. The van der Waals surface area contributed by atoms with Gasteiger partial charge in [0, 0.05) is 40.9 Å². The van der Waals surface area contributed by atoms with E-state index in [1.165, 1.54) is 5.69 Å². The van der Waals surface area contributed by atoms with Gasteiger partial charge in [0.15, 0.2) is 11.4 Å². The highest BCUT2D eigenvalue weighted by atomic mass is 35.5. The molecule has 4 nitrogen and oxygen atoms in total. The third-order valence-electron chi connectivity index (χ3n) is 5.99. The summed E-state index contributed by atoms with van der Waals surface area (Å²) in [4.78, 5) is 16.9. The van der Waals surface area contributed by atoms with Gasteiger partial charge < -0.3 is 0 Å².